The third kappa shape index (κ3) is 3.43. The molecule has 0 aliphatic rings. The van der Waals surface area contributed by atoms with Gasteiger partial charge in [0.25, 0.3) is 5.91 Å². The molecule has 4 nitrogen and oxygen atoms in total. The van der Waals surface area contributed by atoms with Gasteiger partial charge in [0, 0.05) is 22.3 Å². The minimum atomic E-state index is -0.341. The summed E-state index contributed by atoms with van der Waals surface area (Å²) in [6.07, 6.45) is 0. The molecular weight excluding hydrogens is 312 g/mol. The number of aryl methyl sites for hydroxylation is 2. The van der Waals surface area contributed by atoms with Gasteiger partial charge >= 0.3 is 0 Å². The fraction of sp³-hybridized carbons (Fsp3) is 0.111. The van der Waals surface area contributed by atoms with Crippen molar-refractivity contribution in [2.45, 2.75) is 13.8 Å². The maximum atomic E-state index is 12.2. The van der Waals surface area contributed by atoms with Gasteiger partial charge in [0.05, 0.1) is 0 Å². The molecule has 0 spiro atoms. The highest BCUT2D eigenvalue weighted by Crippen LogP contribution is 2.23. The molecule has 5 heteroatoms. The first kappa shape index (κ1) is 15.3. The molecule has 0 aliphatic carbocycles. The minimum absolute atomic E-state index is 0.220. The molecule has 2 aromatic carbocycles. The summed E-state index contributed by atoms with van der Waals surface area (Å²) in [5.74, 6) is 0.212. The largest absolute Gasteiger partial charge is 0.355 e. The Morgan fingerprint density at radius 3 is 2.52 bits per heavy atom. The molecule has 1 amide bonds. The number of nitrogens with zero attached hydrogens (tertiary/aromatic N) is 1. The Labute approximate surface area is 139 Å². The zero-order valence-electron chi connectivity index (χ0n) is 12.8. The molecule has 116 valence electrons. The summed E-state index contributed by atoms with van der Waals surface area (Å²) >= 11 is 6.05. The smallest absolute Gasteiger partial charge is 0.277 e. The molecule has 0 saturated heterocycles. The average Bonchev–Trinajstić information content (AvgIpc) is 3.02. The van der Waals surface area contributed by atoms with E-state index in [1.54, 1.807) is 18.2 Å². The van der Waals surface area contributed by atoms with Crippen molar-refractivity contribution in [3.63, 3.8) is 0 Å². The Morgan fingerprint density at radius 1 is 1.09 bits per heavy atom. The van der Waals surface area contributed by atoms with Crippen LogP contribution >= 0.6 is 11.6 Å². The lowest BCUT2D eigenvalue weighted by Crippen LogP contribution is -2.12. The first-order valence-electron chi connectivity index (χ1n) is 7.14. The molecule has 3 rings (SSSR count). The second-order valence-corrected chi connectivity index (χ2v) is 5.77. The second-order valence-electron chi connectivity index (χ2n) is 5.36. The molecule has 0 atom stereocenters. The fourth-order valence-electron chi connectivity index (χ4n) is 2.10. The van der Waals surface area contributed by atoms with Crippen molar-refractivity contribution in [3.05, 3.63) is 70.4 Å². The van der Waals surface area contributed by atoms with Gasteiger partial charge in [-0.25, -0.2) is 0 Å². The molecule has 1 N–H and O–H groups in total. The van der Waals surface area contributed by atoms with Gasteiger partial charge in [0.15, 0.2) is 11.5 Å². The molecular formula is C18H15ClN2O2. The lowest BCUT2D eigenvalue weighted by Gasteiger charge is -2.04. The van der Waals surface area contributed by atoms with Gasteiger partial charge in [-0.1, -0.05) is 52.7 Å². The number of anilines is 1. The average molecular weight is 327 g/mol. The van der Waals surface area contributed by atoms with E-state index < -0.39 is 0 Å². The number of aromatic nitrogens is 1. The van der Waals surface area contributed by atoms with Crippen LogP contribution in [0.3, 0.4) is 0 Å². The quantitative estimate of drug-likeness (QED) is 0.747. The summed E-state index contributed by atoms with van der Waals surface area (Å²) in [5, 5.41) is 7.19. The summed E-state index contributed by atoms with van der Waals surface area (Å²) in [4.78, 5) is 12.2. The van der Waals surface area contributed by atoms with Crippen molar-refractivity contribution in [2.24, 2.45) is 0 Å². The Hall–Kier alpha value is -2.59. The molecule has 0 saturated carbocycles. The van der Waals surface area contributed by atoms with E-state index in [1.807, 2.05) is 44.2 Å². The highest BCUT2D eigenvalue weighted by Gasteiger charge is 2.14. The number of amides is 1. The van der Waals surface area contributed by atoms with Gasteiger partial charge in [-0.05, 0) is 31.5 Å². The number of hydrogen-bond acceptors (Lipinski definition) is 3. The van der Waals surface area contributed by atoms with E-state index in [-0.39, 0.29) is 11.6 Å². The van der Waals surface area contributed by atoms with E-state index >= 15 is 0 Å². The van der Waals surface area contributed by atoms with Crippen molar-refractivity contribution in [3.8, 4) is 11.3 Å². The summed E-state index contributed by atoms with van der Waals surface area (Å²) < 4.78 is 5.26. The van der Waals surface area contributed by atoms with E-state index in [1.165, 1.54) is 0 Å². The predicted molar refractivity (Wildman–Crippen MR) is 90.8 cm³/mol. The molecule has 3 aromatic rings. The molecule has 1 heterocycles. The fourth-order valence-corrected chi connectivity index (χ4v) is 2.28. The van der Waals surface area contributed by atoms with Crippen LogP contribution in [-0.4, -0.2) is 11.1 Å². The first-order chi connectivity index (χ1) is 11.0. The third-order valence-corrected chi connectivity index (χ3v) is 3.92. The van der Waals surface area contributed by atoms with E-state index in [9.17, 15) is 4.79 Å². The van der Waals surface area contributed by atoms with E-state index in [2.05, 4.69) is 10.5 Å². The Kier molecular flexibility index (Phi) is 4.17. The number of carbonyl (C=O) groups excluding carboxylic acids is 1. The zero-order valence-corrected chi connectivity index (χ0v) is 13.5. The van der Waals surface area contributed by atoms with Crippen LogP contribution in [0.4, 0.5) is 5.69 Å². The maximum absolute atomic E-state index is 12.2. The lowest BCUT2D eigenvalue weighted by atomic mass is 10.1. The maximum Gasteiger partial charge on any atom is 0.277 e. The van der Waals surface area contributed by atoms with Crippen molar-refractivity contribution in [2.75, 3.05) is 5.32 Å². The Morgan fingerprint density at radius 2 is 1.83 bits per heavy atom. The van der Waals surface area contributed by atoms with Gasteiger partial charge in [0.2, 0.25) is 0 Å². The summed E-state index contributed by atoms with van der Waals surface area (Å²) in [7, 11) is 0. The van der Waals surface area contributed by atoms with Crippen LogP contribution < -0.4 is 5.32 Å². The standard InChI is InChI=1S/C18H15ClN2O2/c1-11-3-6-13(7-4-11)17-10-16(21-23-17)18(22)20-14-8-5-12(2)15(19)9-14/h3-10H,1-2H3,(H,20,22). The predicted octanol–water partition coefficient (Wildman–Crippen LogP) is 4.86. The molecule has 0 aliphatic heterocycles. The van der Waals surface area contributed by atoms with Gasteiger partial charge in [-0.3, -0.25) is 4.79 Å². The summed E-state index contributed by atoms with van der Waals surface area (Å²) in [6, 6.07) is 14.8. The van der Waals surface area contributed by atoms with Crippen LogP contribution in [0.2, 0.25) is 5.02 Å². The van der Waals surface area contributed by atoms with Gasteiger partial charge in [-0.2, -0.15) is 0 Å². The molecule has 0 fully saturated rings. The van der Waals surface area contributed by atoms with Crippen LogP contribution in [0.25, 0.3) is 11.3 Å². The van der Waals surface area contributed by atoms with Crippen LogP contribution in [0, 0.1) is 13.8 Å². The molecule has 0 bridgehead atoms. The van der Waals surface area contributed by atoms with Gasteiger partial charge < -0.3 is 9.84 Å². The third-order valence-electron chi connectivity index (χ3n) is 3.51. The first-order valence-corrected chi connectivity index (χ1v) is 7.52. The van der Waals surface area contributed by atoms with Gasteiger partial charge in [0.1, 0.15) is 0 Å². The van der Waals surface area contributed by atoms with Crippen molar-refractivity contribution in [1.29, 1.82) is 0 Å². The minimum Gasteiger partial charge on any atom is -0.355 e. The summed E-state index contributed by atoms with van der Waals surface area (Å²) in [5.41, 5.74) is 3.82. The zero-order chi connectivity index (χ0) is 16.4. The van der Waals surface area contributed by atoms with Crippen LogP contribution in [0.5, 0.6) is 0 Å². The van der Waals surface area contributed by atoms with Crippen LogP contribution in [0.1, 0.15) is 21.6 Å². The number of halogens is 1. The Bertz CT molecular complexity index is 854. The molecule has 1 aromatic heterocycles. The Balaban J connectivity index is 1.78. The highest BCUT2D eigenvalue weighted by atomic mass is 35.5. The van der Waals surface area contributed by atoms with Crippen molar-refractivity contribution >= 4 is 23.2 Å². The normalized spacial score (nSPS) is 10.6. The molecule has 0 unspecified atom stereocenters. The molecule has 0 radical (unpaired) electrons. The van der Waals surface area contributed by atoms with Crippen LogP contribution in [0.15, 0.2) is 53.1 Å². The van der Waals surface area contributed by atoms with Crippen LogP contribution in [-0.2, 0) is 0 Å². The number of carbonyl (C=O) groups is 1. The second kappa shape index (κ2) is 6.26. The number of hydrogen-bond donors (Lipinski definition) is 1. The SMILES string of the molecule is Cc1ccc(-c2cc(C(=O)Nc3ccc(C)c(Cl)c3)no2)cc1. The lowest BCUT2D eigenvalue weighted by molar-refractivity contribution is 0.101. The monoisotopic (exact) mass is 326 g/mol. The van der Waals surface area contributed by atoms with E-state index in [0.29, 0.717) is 16.5 Å². The number of nitrogens with one attached hydrogen (secondary N) is 1. The molecule has 23 heavy (non-hydrogen) atoms. The summed E-state index contributed by atoms with van der Waals surface area (Å²) in [6.45, 7) is 3.91. The number of benzene rings is 2. The van der Waals surface area contributed by atoms with E-state index in [4.69, 9.17) is 16.1 Å². The van der Waals surface area contributed by atoms with Gasteiger partial charge in [-0.15, -0.1) is 0 Å². The highest BCUT2D eigenvalue weighted by molar-refractivity contribution is 6.31. The van der Waals surface area contributed by atoms with E-state index in [0.717, 1.165) is 16.7 Å². The number of rotatable bonds is 3. The van der Waals surface area contributed by atoms with Crippen molar-refractivity contribution in [1.82, 2.24) is 5.16 Å². The topological polar surface area (TPSA) is 55.1 Å². The van der Waals surface area contributed by atoms with Crippen molar-refractivity contribution < 1.29 is 9.32 Å².